The summed E-state index contributed by atoms with van der Waals surface area (Å²) in [6.07, 6.45) is 1.57. The fourth-order valence-corrected chi connectivity index (χ4v) is 4.62. The molecular formula is C27H33NO3S. The third-order valence-electron chi connectivity index (χ3n) is 5.13. The van der Waals surface area contributed by atoms with E-state index in [-0.39, 0.29) is 0 Å². The van der Waals surface area contributed by atoms with Gasteiger partial charge in [0.05, 0.1) is 5.52 Å². The van der Waals surface area contributed by atoms with Crippen molar-refractivity contribution in [3.8, 4) is 17.0 Å². The lowest BCUT2D eigenvalue weighted by Gasteiger charge is -2.34. The standard InChI is InChI=1S/C27H33NO3S/c1-7-25(29)31-26(4,5)18-27(6,32)30-22-14-13-21-15-23(20-11-9-8-10-12-20)28(17-19(2)3)24(21)16-22/h7-16,19,32H,1,17-18H2,2-6H3. The summed E-state index contributed by atoms with van der Waals surface area (Å²) in [5.74, 6) is 0.761. The van der Waals surface area contributed by atoms with Crippen LogP contribution in [0.4, 0.5) is 0 Å². The van der Waals surface area contributed by atoms with Crippen LogP contribution in [0.15, 0.2) is 67.3 Å². The van der Waals surface area contributed by atoms with Gasteiger partial charge < -0.3 is 14.0 Å². The Morgan fingerprint density at radius 1 is 1.12 bits per heavy atom. The highest BCUT2D eigenvalue weighted by Crippen LogP contribution is 2.35. The molecule has 1 unspecified atom stereocenters. The fraction of sp³-hybridized carbons (Fsp3) is 0.370. The molecule has 0 fully saturated rings. The van der Waals surface area contributed by atoms with E-state index in [2.05, 4.69) is 67.5 Å². The average molecular weight is 452 g/mol. The number of rotatable bonds is 9. The molecule has 0 N–H and O–H groups in total. The average Bonchev–Trinajstić information content (AvgIpc) is 3.04. The van der Waals surface area contributed by atoms with Crippen LogP contribution >= 0.6 is 12.6 Å². The van der Waals surface area contributed by atoms with Gasteiger partial charge in [0, 0.05) is 36.2 Å². The van der Waals surface area contributed by atoms with Crippen LogP contribution in [0.1, 0.15) is 41.0 Å². The topological polar surface area (TPSA) is 40.5 Å². The Kier molecular flexibility index (Phi) is 7.09. The second kappa shape index (κ2) is 9.45. The summed E-state index contributed by atoms with van der Waals surface area (Å²) >= 11 is 4.74. The van der Waals surface area contributed by atoms with E-state index in [0.717, 1.165) is 23.2 Å². The molecule has 1 heterocycles. The van der Waals surface area contributed by atoms with Crippen LogP contribution in [0.2, 0.25) is 0 Å². The molecule has 0 amide bonds. The molecule has 0 radical (unpaired) electrons. The lowest BCUT2D eigenvalue weighted by atomic mass is 10.0. The molecule has 0 bridgehead atoms. The van der Waals surface area contributed by atoms with E-state index in [4.69, 9.17) is 22.1 Å². The molecule has 4 nitrogen and oxygen atoms in total. The van der Waals surface area contributed by atoms with Gasteiger partial charge >= 0.3 is 5.97 Å². The molecule has 0 saturated carbocycles. The monoisotopic (exact) mass is 451 g/mol. The van der Waals surface area contributed by atoms with Crippen LogP contribution < -0.4 is 4.74 Å². The SMILES string of the molecule is C=CC(=O)OC(C)(C)CC(C)(S)Oc1ccc2cc(-c3ccccc3)n(CC(C)C)c2c1. The zero-order valence-corrected chi connectivity index (χ0v) is 20.5. The Morgan fingerprint density at radius 2 is 1.81 bits per heavy atom. The van der Waals surface area contributed by atoms with Crippen LogP contribution in [0.3, 0.4) is 0 Å². The Labute approximate surface area is 196 Å². The number of carbonyl (C=O) groups excluding carboxylic acids is 1. The third-order valence-corrected chi connectivity index (χ3v) is 5.38. The van der Waals surface area contributed by atoms with Crippen LogP contribution in [0.25, 0.3) is 22.2 Å². The maximum Gasteiger partial charge on any atom is 0.330 e. The maximum absolute atomic E-state index is 11.7. The highest BCUT2D eigenvalue weighted by Gasteiger charge is 2.34. The lowest BCUT2D eigenvalue weighted by Crippen LogP contribution is -2.38. The van der Waals surface area contributed by atoms with Crippen molar-refractivity contribution in [1.29, 1.82) is 0 Å². The van der Waals surface area contributed by atoms with E-state index in [9.17, 15) is 4.79 Å². The highest BCUT2D eigenvalue weighted by molar-refractivity contribution is 7.81. The highest BCUT2D eigenvalue weighted by atomic mass is 32.1. The van der Waals surface area contributed by atoms with E-state index in [0.29, 0.717) is 12.3 Å². The molecule has 2 aromatic carbocycles. The normalized spacial score (nSPS) is 13.7. The van der Waals surface area contributed by atoms with Crippen molar-refractivity contribution in [2.75, 3.05) is 0 Å². The second-order valence-corrected chi connectivity index (χ2v) is 10.4. The minimum Gasteiger partial charge on any atom is -0.477 e. The molecule has 0 aliphatic heterocycles. The molecule has 3 aromatic rings. The number of thiol groups is 1. The first-order chi connectivity index (χ1) is 15.0. The number of benzene rings is 2. The van der Waals surface area contributed by atoms with E-state index in [1.54, 1.807) is 0 Å². The number of ether oxygens (including phenoxy) is 2. The molecule has 5 heteroatoms. The number of hydrogen-bond donors (Lipinski definition) is 1. The van der Waals surface area contributed by atoms with E-state index >= 15 is 0 Å². The van der Waals surface area contributed by atoms with Gasteiger partial charge in [0.25, 0.3) is 0 Å². The number of nitrogens with zero attached hydrogens (tertiary/aromatic N) is 1. The molecular weight excluding hydrogens is 418 g/mol. The Morgan fingerprint density at radius 3 is 2.44 bits per heavy atom. The van der Waals surface area contributed by atoms with Gasteiger partial charge in [0.2, 0.25) is 0 Å². The summed E-state index contributed by atoms with van der Waals surface area (Å²) in [7, 11) is 0. The zero-order chi connectivity index (χ0) is 23.5. The first-order valence-electron chi connectivity index (χ1n) is 11.0. The zero-order valence-electron chi connectivity index (χ0n) is 19.6. The van der Waals surface area contributed by atoms with Gasteiger partial charge in [0.15, 0.2) is 4.93 Å². The Balaban J connectivity index is 1.93. The van der Waals surface area contributed by atoms with E-state index in [1.165, 1.54) is 17.3 Å². The molecule has 0 aliphatic rings. The predicted molar refractivity (Wildman–Crippen MR) is 135 cm³/mol. The predicted octanol–water partition coefficient (Wildman–Crippen LogP) is 6.89. The van der Waals surface area contributed by atoms with Gasteiger partial charge in [-0.05, 0) is 50.5 Å². The van der Waals surface area contributed by atoms with Crippen LogP contribution in [0, 0.1) is 5.92 Å². The lowest BCUT2D eigenvalue weighted by molar-refractivity contribution is -0.152. The second-order valence-electron chi connectivity index (χ2n) is 9.46. The number of hydrogen-bond acceptors (Lipinski definition) is 4. The summed E-state index contributed by atoms with van der Waals surface area (Å²) in [6.45, 7) is 14.4. The smallest absolute Gasteiger partial charge is 0.330 e. The Hall–Kier alpha value is -2.66. The van der Waals surface area contributed by atoms with Crippen LogP contribution in [-0.2, 0) is 16.1 Å². The molecule has 32 heavy (non-hydrogen) atoms. The quantitative estimate of drug-likeness (QED) is 0.167. The first kappa shape index (κ1) is 24.0. The van der Waals surface area contributed by atoms with E-state index in [1.807, 2.05) is 32.9 Å². The van der Waals surface area contributed by atoms with Crippen molar-refractivity contribution in [2.45, 2.75) is 58.1 Å². The van der Waals surface area contributed by atoms with Crippen molar-refractivity contribution in [2.24, 2.45) is 5.92 Å². The molecule has 1 atom stereocenters. The van der Waals surface area contributed by atoms with E-state index < -0.39 is 16.5 Å². The summed E-state index contributed by atoms with van der Waals surface area (Å²) in [5, 5.41) is 1.16. The van der Waals surface area contributed by atoms with Gasteiger partial charge in [-0.15, -0.1) is 12.6 Å². The molecule has 170 valence electrons. The van der Waals surface area contributed by atoms with Crippen molar-refractivity contribution in [3.63, 3.8) is 0 Å². The molecule has 0 aliphatic carbocycles. The molecule has 1 aromatic heterocycles. The molecule has 3 rings (SSSR count). The minimum atomic E-state index is -0.837. The summed E-state index contributed by atoms with van der Waals surface area (Å²) in [6, 6.07) is 18.8. The number of esters is 1. The Bertz CT molecular complexity index is 1100. The van der Waals surface area contributed by atoms with Crippen molar-refractivity contribution >= 4 is 29.5 Å². The molecule has 0 spiro atoms. The largest absolute Gasteiger partial charge is 0.477 e. The van der Waals surface area contributed by atoms with Crippen molar-refractivity contribution in [1.82, 2.24) is 4.57 Å². The minimum absolute atomic E-state index is 0.406. The summed E-state index contributed by atoms with van der Waals surface area (Å²) < 4.78 is 14.1. The number of fused-ring (bicyclic) bond motifs is 1. The van der Waals surface area contributed by atoms with Crippen LogP contribution in [0.5, 0.6) is 5.75 Å². The fourth-order valence-electron chi connectivity index (χ4n) is 4.14. The van der Waals surface area contributed by atoms with Gasteiger partial charge in [-0.3, -0.25) is 0 Å². The van der Waals surface area contributed by atoms with Gasteiger partial charge in [-0.1, -0.05) is 50.8 Å². The number of carbonyl (C=O) groups is 1. The van der Waals surface area contributed by atoms with Gasteiger partial charge in [-0.25, -0.2) is 4.79 Å². The van der Waals surface area contributed by atoms with Gasteiger partial charge in [-0.2, -0.15) is 0 Å². The summed E-state index contributed by atoms with van der Waals surface area (Å²) in [5.41, 5.74) is 2.76. The maximum atomic E-state index is 11.7. The van der Waals surface area contributed by atoms with Crippen molar-refractivity contribution in [3.05, 3.63) is 67.3 Å². The van der Waals surface area contributed by atoms with Gasteiger partial charge in [0.1, 0.15) is 11.4 Å². The molecule has 0 saturated heterocycles. The third kappa shape index (κ3) is 5.98. The summed E-state index contributed by atoms with van der Waals surface area (Å²) in [4.78, 5) is 10.8. The van der Waals surface area contributed by atoms with Crippen LogP contribution in [-0.4, -0.2) is 21.1 Å². The number of aromatic nitrogens is 1. The van der Waals surface area contributed by atoms with Crippen molar-refractivity contribution < 1.29 is 14.3 Å². The first-order valence-corrected chi connectivity index (χ1v) is 11.4.